The van der Waals surface area contributed by atoms with E-state index in [0.29, 0.717) is 12.3 Å². The highest BCUT2D eigenvalue weighted by molar-refractivity contribution is 8.00. The molecule has 6 heteroatoms. The van der Waals surface area contributed by atoms with Gasteiger partial charge >= 0.3 is 0 Å². The van der Waals surface area contributed by atoms with Crippen LogP contribution in [0.25, 0.3) is 0 Å². The summed E-state index contributed by atoms with van der Waals surface area (Å²) in [6.07, 6.45) is 0. The number of aryl methyl sites for hydroxylation is 1. The predicted octanol–water partition coefficient (Wildman–Crippen LogP) is 4.36. The largest absolute Gasteiger partial charge is 0.341 e. The average Bonchev–Trinajstić information content (AvgIpc) is 2.61. The lowest BCUT2D eigenvalue weighted by atomic mass is 10.1. The molecule has 1 atom stereocenters. The Kier molecular flexibility index (Phi) is 6.58. The zero-order valence-electron chi connectivity index (χ0n) is 14.6. The average molecular weight is 358 g/mol. The monoisotopic (exact) mass is 358 g/mol. The van der Waals surface area contributed by atoms with Gasteiger partial charge in [-0.3, -0.25) is 14.9 Å². The molecular formula is C19H22N2O3S. The van der Waals surface area contributed by atoms with Crippen LogP contribution in [0, 0.1) is 17.0 Å². The topological polar surface area (TPSA) is 63.5 Å². The molecule has 0 N–H and O–H groups in total. The van der Waals surface area contributed by atoms with Crippen LogP contribution in [0.5, 0.6) is 0 Å². The number of amides is 1. The molecule has 25 heavy (non-hydrogen) atoms. The Morgan fingerprint density at radius 3 is 2.56 bits per heavy atom. The van der Waals surface area contributed by atoms with E-state index in [2.05, 4.69) is 0 Å². The first-order chi connectivity index (χ1) is 11.9. The van der Waals surface area contributed by atoms with Crippen LogP contribution in [-0.4, -0.2) is 28.5 Å². The van der Waals surface area contributed by atoms with Gasteiger partial charge in [0.05, 0.1) is 10.7 Å². The minimum absolute atomic E-state index is 0.0108. The maximum absolute atomic E-state index is 12.3. The zero-order valence-corrected chi connectivity index (χ0v) is 15.5. The van der Waals surface area contributed by atoms with E-state index in [0.717, 1.165) is 11.1 Å². The molecular weight excluding hydrogens is 336 g/mol. The standard InChI is InChI=1S/C19H22N2O3S/c1-14-7-9-16(10-8-14)12-20(3)19(22)13-25-15(2)17-5-4-6-18(11-17)21(23)24/h4-11,15H,12-13H2,1-3H3/t15-/m0/s1. The summed E-state index contributed by atoms with van der Waals surface area (Å²) in [5, 5.41) is 10.9. The number of nitro groups is 1. The van der Waals surface area contributed by atoms with Crippen LogP contribution in [0.2, 0.25) is 0 Å². The van der Waals surface area contributed by atoms with E-state index in [4.69, 9.17) is 0 Å². The highest BCUT2D eigenvalue weighted by Crippen LogP contribution is 2.30. The number of nitro benzene ring substituents is 1. The van der Waals surface area contributed by atoms with Crippen molar-refractivity contribution in [2.24, 2.45) is 0 Å². The van der Waals surface area contributed by atoms with E-state index >= 15 is 0 Å². The molecule has 2 aromatic carbocycles. The maximum Gasteiger partial charge on any atom is 0.269 e. The highest BCUT2D eigenvalue weighted by Gasteiger charge is 2.15. The van der Waals surface area contributed by atoms with Crippen molar-refractivity contribution in [3.05, 3.63) is 75.3 Å². The quantitative estimate of drug-likeness (QED) is 0.545. The summed E-state index contributed by atoms with van der Waals surface area (Å²) in [7, 11) is 1.79. The molecule has 2 rings (SSSR count). The highest BCUT2D eigenvalue weighted by atomic mass is 32.2. The van der Waals surface area contributed by atoms with Gasteiger partial charge in [0, 0.05) is 31.0 Å². The third-order valence-electron chi connectivity index (χ3n) is 3.97. The number of hydrogen-bond donors (Lipinski definition) is 0. The van der Waals surface area contributed by atoms with Gasteiger partial charge in [0.25, 0.3) is 5.69 Å². The van der Waals surface area contributed by atoms with Gasteiger partial charge in [-0.2, -0.15) is 0 Å². The summed E-state index contributed by atoms with van der Waals surface area (Å²) in [4.78, 5) is 24.5. The molecule has 2 aromatic rings. The van der Waals surface area contributed by atoms with Gasteiger partial charge in [-0.15, -0.1) is 11.8 Å². The van der Waals surface area contributed by atoms with Crippen LogP contribution in [0.3, 0.4) is 0 Å². The fourth-order valence-corrected chi connectivity index (χ4v) is 3.30. The van der Waals surface area contributed by atoms with E-state index in [9.17, 15) is 14.9 Å². The van der Waals surface area contributed by atoms with Gasteiger partial charge in [0.15, 0.2) is 0 Å². The third kappa shape index (κ3) is 5.60. The molecule has 0 aliphatic carbocycles. The zero-order chi connectivity index (χ0) is 18.4. The Hall–Kier alpha value is -2.34. The van der Waals surface area contributed by atoms with Gasteiger partial charge in [-0.25, -0.2) is 0 Å². The summed E-state index contributed by atoms with van der Waals surface area (Å²) in [5.41, 5.74) is 3.22. The molecule has 0 aliphatic heterocycles. The van der Waals surface area contributed by atoms with Crippen LogP contribution in [0.15, 0.2) is 48.5 Å². The number of benzene rings is 2. The smallest absolute Gasteiger partial charge is 0.269 e. The fourth-order valence-electron chi connectivity index (χ4n) is 2.35. The molecule has 0 aromatic heterocycles. The molecule has 5 nitrogen and oxygen atoms in total. The SMILES string of the molecule is Cc1ccc(CN(C)C(=O)CS[C@@H](C)c2cccc([N+](=O)[O-])c2)cc1. The Morgan fingerprint density at radius 1 is 1.24 bits per heavy atom. The minimum atomic E-state index is -0.401. The number of carbonyl (C=O) groups excluding carboxylic acids is 1. The molecule has 1 amide bonds. The van der Waals surface area contributed by atoms with Crippen molar-refractivity contribution in [3.63, 3.8) is 0 Å². The third-order valence-corrected chi connectivity index (χ3v) is 5.16. The van der Waals surface area contributed by atoms with Crippen molar-refractivity contribution in [2.45, 2.75) is 25.6 Å². The Bertz CT molecular complexity index is 747. The van der Waals surface area contributed by atoms with Gasteiger partial charge in [-0.05, 0) is 25.0 Å². The van der Waals surface area contributed by atoms with Gasteiger partial charge in [-0.1, -0.05) is 42.0 Å². The first-order valence-electron chi connectivity index (χ1n) is 8.02. The molecule has 0 spiro atoms. The van der Waals surface area contributed by atoms with Crippen LogP contribution in [-0.2, 0) is 11.3 Å². The predicted molar refractivity (Wildman–Crippen MR) is 102 cm³/mol. The first-order valence-corrected chi connectivity index (χ1v) is 9.07. The van der Waals surface area contributed by atoms with E-state index in [1.165, 1.54) is 23.4 Å². The van der Waals surface area contributed by atoms with E-state index in [-0.39, 0.29) is 16.8 Å². The van der Waals surface area contributed by atoms with Crippen LogP contribution in [0.1, 0.15) is 28.9 Å². The van der Waals surface area contributed by atoms with Crippen molar-refractivity contribution in [3.8, 4) is 0 Å². The second kappa shape index (κ2) is 8.67. The van der Waals surface area contributed by atoms with Crippen LogP contribution in [0.4, 0.5) is 5.69 Å². The van der Waals surface area contributed by atoms with Crippen molar-refractivity contribution in [2.75, 3.05) is 12.8 Å². The van der Waals surface area contributed by atoms with Gasteiger partial charge in [0.1, 0.15) is 0 Å². The van der Waals surface area contributed by atoms with Crippen molar-refractivity contribution < 1.29 is 9.72 Å². The lowest BCUT2D eigenvalue weighted by Crippen LogP contribution is -2.28. The van der Waals surface area contributed by atoms with E-state index in [1.807, 2.05) is 44.2 Å². The maximum atomic E-state index is 12.3. The van der Waals surface area contributed by atoms with Crippen LogP contribution < -0.4 is 0 Å². The van der Waals surface area contributed by atoms with Gasteiger partial charge < -0.3 is 4.90 Å². The Labute approximate surface area is 152 Å². The number of carbonyl (C=O) groups is 1. The molecule has 0 saturated carbocycles. The molecule has 0 bridgehead atoms. The summed E-state index contributed by atoms with van der Waals surface area (Å²) >= 11 is 1.49. The second-order valence-electron chi connectivity index (χ2n) is 6.04. The van der Waals surface area contributed by atoms with Crippen molar-refractivity contribution >= 4 is 23.4 Å². The normalized spacial score (nSPS) is 11.8. The number of thioether (sulfide) groups is 1. The first kappa shape index (κ1) is 19.0. The lowest BCUT2D eigenvalue weighted by Gasteiger charge is -2.19. The number of nitrogens with zero attached hydrogens (tertiary/aromatic N) is 2. The molecule has 0 heterocycles. The molecule has 0 fully saturated rings. The number of rotatable bonds is 7. The van der Waals surface area contributed by atoms with E-state index < -0.39 is 4.92 Å². The Morgan fingerprint density at radius 2 is 1.92 bits per heavy atom. The summed E-state index contributed by atoms with van der Waals surface area (Å²) in [6, 6.07) is 14.7. The molecule has 132 valence electrons. The molecule has 0 aliphatic rings. The van der Waals surface area contributed by atoms with E-state index in [1.54, 1.807) is 24.1 Å². The number of non-ortho nitro benzene ring substituents is 1. The minimum Gasteiger partial charge on any atom is -0.341 e. The molecule has 0 unspecified atom stereocenters. The summed E-state index contributed by atoms with van der Waals surface area (Å²) in [6.45, 7) is 4.56. The number of hydrogen-bond acceptors (Lipinski definition) is 4. The lowest BCUT2D eigenvalue weighted by molar-refractivity contribution is -0.384. The molecule has 0 radical (unpaired) electrons. The van der Waals surface area contributed by atoms with Crippen LogP contribution >= 0.6 is 11.8 Å². The Balaban J connectivity index is 1.89. The second-order valence-corrected chi connectivity index (χ2v) is 7.37. The summed E-state index contributed by atoms with van der Waals surface area (Å²) in [5.74, 6) is 0.384. The summed E-state index contributed by atoms with van der Waals surface area (Å²) < 4.78 is 0. The van der Waals surface area contributed by atoms with Crippen molar-refractivity contribution in [1.82, 2.24) is 4.90 Å². The van der Waals surface area contributed by atoms with Crippen molar-refractivity contribution in [1.29, 1.82) is 0 Å². The van der Waals surface area contributed by atoms with Gasteiger partial charge in [0.2, 0.25) is 5.91 Å². The molecule has 0 saturated heterocycles. The fraction of sp³-hybridized carbons (Fsp3) is 0.316.